The summed E-state index contributed by atoms with van der Waals surface area (Å²) in [7, 11) is 0. The first-order valence-electron chi connectivity index (χ1n) is 18.0. The minimum atomic E-state index is -1.34. The van der Waals surface area contributed by atoms with Crippen molar-refractivity contribution in [3.8, 4) is 11.5 Å². The zero-order valence-electron chi connectivity index (χ0n) is 29.8. The molecule has 0 saturated heterocycles. The first-order valence-corrected chi connectivity index (χ1v) is 18.0. The van der Waals surface area contributed by atoms with Gasteiger partial charge in [0, 0.05) is 29.7 Å². The molecule has 0 aliphatic carbocycles. The quantitative estimate of drug-likeness (QED) is 0.0763. The third kappa shape index (κ3) is 9.70. The van der Waals surface area contributed by atoms with E-state index in [0.717, 1.165) is 46.2 Å². The average Bonchev–Trinajstić information content (AvgIpc) is 3.05. The number of ether oxygens (including phenoxy) is 1. The Bertz CT molecular complexity index is 1550. The minimum absolute atomic E-state index is 0.149. The summed E-state index contributed by atoms with van der Waals surface area (Å²) in [4.78, 5) is 10.0. The molecule has 48 heavy (non-hydrogen) atoms. The van der Waals surface area contributed by atoms with Crippen LogP contribution >= 0.6 is 0 Å². The highest BCUT2D eigenvalue weighted by Gasteiger charge is 2.40. The summed E-state index contributed by atoms with van der Waals surface area (Å²) in [6.45, 7) is 11.2. The van der Waals surface area contributed by atoms with E-state index in [1.807, 2.05) is 45.0 Å². The fourth-order valence-electron chi connectivity index (χ4n) is 6.70. The number of phenols is 2. The summed E-state index contributed by atoms with van der Waals surface area (Å²) >= 11 is 0. The van der Waals surface area contributed by atoms with Gasteiger partial charge in [-0.05, 0) is 51.3 Å². The number of phenolic OH excluding ortho intramolecular Hbond substituents is 2. The van der Waals surface area contributed by atoms with Crippen LogP contribution in [0.25, 0.3) is 0 Å². The lowest BCUT2D eigenvalue weighted by atomic mass is 9.86. The Morgan fingerprint density at radius 1 is 0.729 bits per heavy atom. The smallest absolute Gasteiger partial charge is 0.209 e. The maximum absolute atomic E-state index is 11.5. The van der Waals surface area contributed by atoms with Crippen LogP contribution in [0.1, 0.15) is 122 Å². The lowest BCUT2D eigenvalue weighted by Gasteiger charge is -2.33. The second-order valence-electron chi connectivity index (χ2n) is 13.6. The van der Waals surface area contributed by atoms with Crippen LogP contribution in [0.5, 0.6) is 11.5 Å². The van der Waals surface area contributed by atoms with Crippen molar-refractivity contribution in [1.29, 1.82) is 0 Å². The van der Waals surface area contributed by atoms with E-state index in [2.05, 4.69) is 31.3 Å². The highest BCUT2D eigenvalue weighted by atomic mass is 16.5. The topological polar surface area (TPSA) is 107 Å². The van der Waals surface area contributed by atoms with Gasteiger partial charge in [0.15, 0.2) is 11.5 Å². The second-order valence-corrected chi connectivity index (χ2v) is 13.6. The molecule has 0 radical (unpaired) electrons. The molecule has 260 valence electrons. The molecule has 3 aromatic carbocycles. The summed E-state index contributed by atoms with van der Waals surface area (Å²) in [5, 5.41) is 36.7. The standard InChI is InChI=1S/C41H57N3O4/c1-6-7-8-9-10-11-12-13-14-15-16-23-48-27-34(45)26-33-19-22-37(39(47)38(33)46)41(36-21-18-30(3)25-32(36)5)43-28-42-40(44-41)35-20-17-29(2)24-31(35)4/h17-22,24-25,28,34,45-47H,6-16,23,26-27H2,1-5H3,(H,42,43,44). The normalized spacial score (nSPS) is 16.5. The van der Waals surface area contributed by atoms with Gasteiger partial charge in [-0.25, -0.2) is 9.98 Å². The fraction of sp³-hybridized carbons (Fsp3) is 0.512. The lowest BCUT2D eigenvalue weighted by molar-refractivity contribution is 0.0352. The van der Waals surface area contributed by atoms with Gasteiger partial charge in [-0.15, -0.1) is 0 Å². The van der Waals surface area contributed by atoms with Gasteiger partial charge in [0.2, 0.25) is 5.66 Å². The van der Waals surface area contributed by atoms with Gasteiger partial charge in [-0.2, -0.15) is 0 Å². The Morgan fingerprint density at radius 2 is 1.33 bits per heavy atom. The van der Waals surface area contributed by atoms with Crippen LogP contribution in [0.3, 0.4) is 0 Å². The van der Waals surface area contributed by atoms with Crippen molar-refractivity contribution in [2.45, 2.75) is 123 Å². The van der Waals surface area contributed by atoms with E-state index in [9.17, 15) is 15.3 Å². The predicted octanol–water partition coefficient (Wildman–Crippen LogP) is 8.84. The van der Waals surface area contributed by atoms with E-state index < -0.39 is 11.8 Å². The Balaban J connectivity index is 1.41. The van der Waals surface area contributed by atoms with Crippen LogP contribution in [0.2, 0.25) is 0 Å². The van der Waals surface area contributed by atoms with Crippen LogP contribution in [-0.2, 0) is 16.8 Å². The Hall–Kier alpha value is -3.68. The van der Waals surface area contributed by atoms with Crippen molar-refractivity contribution in [2.24, 2.45) is 9.98 Å². The lowest BCUT2D eigenvalue weighted by Crippen LogP contribution is -2.37. The van der Waals surface area contributed by atoms with Gasteiger partial charge in [-0.3, -0.25) is 0 Å². The Kier molecular flexibility index (Phi) is 14.1. The molecule has 0 fully saturated rings. The van der Waals surface area contributed by atoms with Crippen molar-refractivity contribution in [1.82, 2.24) is 5.32 Å². The van der Waals surface area contributed by atoms with Crippen LogP contribution in [-0.4, -0.2) is 46.8 Å². The summed E-state index contributed by atoms with van der Waals surface area (Å²) in [5.41, 5.74) is 5.47. The molecule has 0 spiro atoms. The molecule has 2 atom stereocenters. The van der Waals surface area contributed by atoms with Gasteiger partial charge in [0.05, 0.1) is 24.6 Å². The number of aryl methyl sites for hydroxylation is 4. The third-order valence-electron chi connectivity index (χ3n) is 9.39. The number of aliphatic imine (C=N–C) groups is 2. The molecule has 2 unspecified atom stereocenters. The number of nitrogens with one attached hydrogen (secondary N) is 1. The van der Waals surface area contributed by atoms with Gasteiger partial charge in [0.25, 0.3) is 0 Å². The van der Waals surface area contributed by atoms with E-state index in [0.29, 0.717) is 23.6 Å². The van der Waals surface area contributed by atoms with E-state index >= 15 is 0 Å². The summed E-state index contributed by atoms with van der Waals surface area (Å²) in [6, 6.07) is 15.7. The number of benzene rings is 3. The Labute approximate surface area is 288 Å². The zero-order chi connectivity index (χ0) is 34.5. The highest BCUT2D eigenvalue weighted by Crippen LogP contribution is 2.47. The molecular formula is C41H57N3O4. The second kappa shape index (κ2) is 18.2. The summed E-state index contributed by atoms with van der Waals surface area (Å²) < 4.78 is 5.77. The van der Waals surface area contributed by atoms with E-state index in [1.54, 1.807) is 18.5 Å². The number of hydrogen-bond donors (Lipinski definition) is 4. The predicted molar refractivity (Wildman–Crippen MR) is 198 cm³/mol. The molecule has 1 heterocycles. The molecule has 0 aromatic heterocycles. The molecule has 1 aliphatic heterocycles. The van der Waals surface area contributed by atoms with Crippen LogP contribution in [0.15, 0.2) is 58.5 Å². The SMILES string of the molecule is CCCCCCCCCCCCCOCC(O)Cc1ccc(C2(c3ccc(C)cc3C)N=CNC(c3ccc(C)cc3C)=N2)c(O)c1O. The van der Waals surface area contributed by atoms with Gasteiger partial charge < -0.3 is 25.4 Å². The number of unbranched alkanes of at least 4 members (excludes halogenated alkanes) is 10. The molecule has 3 aromatic rings. The third-order valence-corrected chi connectivity index (χ3v) is 9.39. The van der Waals surface area contributed by atoms with E-state index in [1.165, 1.54) is 57.8 Å². The maximum Gasteiger partial charge on any atom is 0.209 e. The van der Waals surface area contributed by atoms with Crippen molar-refractivity contribution in [3.05, 3.63) is 93.0 Å². The van der Waals surface area contributed by atoms with Crippen molar-refractivity contribution in [2.75, 3.05) is 13.2 Å². The molecule has 0 amide bonds. The summed E-state index contributed by atoms with van der Waals surface area (Å²) in [5.74, 6) is 0.0400. The van der Waals surface area contributed by atoms with Gasteiger partial charge >= 0.3 is 0 Å². The minimum Gasteiger partial charge on any atom is -0.504 e. The van der Waals surface area contributed by atoms with Gasteiger partial charge in [-0.1, -0.05) is 125 Å². The van der Waals surface area contributed by atoms with Crippen molar-refractivity contribution >= 4 is 12.2 Å². The molecule has 7 nitrogen and oxygen atoms in total. The Morgan fingerprint density at radius 3 is 1.98 bits per heavy atom. The zero-order valence-corrected chi connectivity index (χ0v) is 29.8. The molecule has 0 bridgehead atoms. The first kappa shape index (κ1) is 37.1. The van der Waals surface area contributed by atoms with Crippen LogP contribution in [0.4, 0.5) is 0 Å². The largest absolute Gasteiger partial charge is 0.504 e. The number of rotatable bonds is 19. The molecule has 0 saturated carbocycles. The van der Waals surface area contributed by atoms with Crippen LogP contribution < -0.4 is 5.32 Å². The molecule has 7 heteroatoms. The molecule has 4 N–H and O–H groups in total. The number of aliphatic hydroxyl groups is 1. The average molecular weight is 656 g/mol. The number of aromatic hydroxyl groups is 2. The number of aliphatic hydroxyl groups excluding tert-OH is 1. The number of nitrogens with zero attached hydrogens (tertiary/aromatic N) is 2. The van der Waals surface area contributed by atoms with E-state index in [4.69, 9.17) is 14.7 Å². The fourth-order valence-corrected chi connectivity index (χ4v) is 6.70. The molecular weight excluding hydrogens is 598 g/mol. The first-order chi connectivity index (χ1) is 23.2. The molecule has 1 aliphatic rings. The molecule has 4 rings (SSSR count). The summed E-state index contributed by atoms with van der Waals surface area (Å²) in [6.07, 6.45) is 15.0. The highest BCUT2D eigenvalue weighted by molar-refractivity contribution is 6.07. The number of amidine groups is 1. The van der Waals surface area contributed by atoms with E-state index in [-0.39, 0.29) is 24.5 Å². The maximum atomic E-state index is 11.5. The monoisotopic (exact) mass is 655 g/mol. The van der Waals surface area contributed by atoms with Crippen molar-refractivity contribution < 1.29 is 20.1 Å². The van der Waals surface area contributed by atoms with Crippen molar-refractivity contribution in [3.63, 3.8) is 0 Å². The number of hydrogen-bond acceptors (Lipinski definition) is 7. The van der Waals surface area contributed by atoms with Crippen LogP contribution in [0, 0.1) is 27.7 Å². The van der Waals surface area contributed by atoms with Gasteiger partial charge in [0.1, 0.15) is 5.84 Å².